The Bertz CT molecular complexity index is 1600. The number of aryl methyl sites for hydroxylation is 2. The number of carboxylic acids is 1. The average Bonchev–Trinajstić information content (AvgIpc) is 2.90. The van der Waals surface area contributed by atoms with E-state index in [0.29, 0.717) is 40.8 Å². The van der Waals surface area contributed by atoms with Gasteiger partial charge < -0.3 is 19.9 Å². The number of carbonyl (C=O) groups is 2. The molecule has 11 heteroatoms. The standard InChI is InChI=1S/C33H39ClF3N3O4/c1-17(2)10-27(40-16-21(8-9-39(6)7)20(5)30(36)33(40)44)32(43)38-26(15-28(41)42)24-13-22(14-25(34)31(24)37)29-18(3)11-23(35)12-19(29)4/h11-14,16-17,26-27H,8-10,15H2,1-7H3,(H,38,43)(H,41,42)/t26-,27?/m0/s1. The molecule has 0 aliphatic carbocycles. The van der Waals surface area contributed by atoms with Gasteiger partial charge in [0.1, 0.15) is 17.7 Å². The van der Waals surface area contributed by atoms with E-state index in [0.717, 1.165) is 4.57 Å². The molecule has 0 bridgehead atoms. The predicted molar refractivity (Wildman–Crippen MR) is 166 cm³/mol. The zero-order chi connectivity index (χ0) is 33.0. The molecule has 1 amide bonds. The molecule has 0 radical (unpaired) electrons. The molecule has 2 atom stereocenters. The van der Waals surface area contributed by atoms with Gasteiger partial charge in [0.2, 0.25) is 5.91 Å². The van der Waals surface area contributed by atoms with Crippen LogP contribution in [0.1, 0.15) is 66.6 Å². The number of nitrogens with zero attached hydrogens (tertiary/aromatic N) is 2. The van der Waals surface area contributed by atoms with E-state index in [1.54, 1.807) is 13.8 Å². The molecule has 1 unspecified atom stereocenters. The second kappa shape index (κ2) is 14.4. The van der Waals surface area contributed by atoms with Crippen molar-refractivity contribution >= 4 is 23.5 Å². The van der Waals surface area contributed by atoms with Gasteiger partial charge in [0.25, 0.3) is 5.56 Å². The van der Waals surface area contributed by atoms with E-state index >= 15 is 8.78 Å². The van der Waals surface area contributed by atoms with Crippen molar-refractivity contribution in [2.75, 3.05) is 20.6 Å². The number of aromatic nitrogens is 1. The molecule has 3 aromatic rings. The highest BCUT2D eigenvalue weighted by Crippen LogP contribution is 2.36. The maximum atomic E-state index is 15.6. The van der Waals surface area contributed by atoms with Gasteiger partial charge in [0, 0.05) is 18.3 Å². The fourth-order valence-electron chi connectivity index (χ4n) is 5.41. The third-order valence-electron chi connectivity index (χ3n) is 7.60. The monoisotopic (exact) mass is 633 g/mol. The van der Waals surface area contributed by atoms with Crippen molar-refractivity contribution < 1.29 is 27.9 Å². The summed E-state index contributed by atoms with van der Waals surface area (Å²) in [6, 6.07) is 2.77. The number of benzene rings is 2. The SMILES string of the molecule is Cc1cc(F)cc(C)c1-c1cc(Cl)c(F)c([C@H](CC(=O)O)NC(=O)C(CC(C)C)n2cc(CCN(C)C)c(C)c(F)c2=O)c1. The molecule has 44 heavy (non-hydrogen) atoms. The van der Waals surface area contributed by atoms with E-state index in [2.05, 4.69) is 5.32 Å². The van der Waals surface area contributed by atoms with Gasteiger partial charge in [-0.25, -0.2) is 13.2 Å². The van der Waals surface area contributed by atoms with Crippen LogP contribution in [-0.2, 0) is 16.0 Å². The number of aliphatic carboxylic acids is 1. The van der Waals surface area contributed by atoms with Crippen LogP contribution in [-0.4, -0.2) is 47.1 Å². The lowest BCUT2D eigenvalue weighted by molar-refractivity contribution is -0.138. The second-order valence-corrected chi connectivity index (χ2v) is 12.3. The van der Waals surface area contributed by atoms with Gasteiger partial charge in [-0.3, -0.25) is 14.4 Å². The van der Waals surface area contributed by atoms with E-state index in [1.807, 2.05) is 32.8 Å². The lowest BCUT2D eigenvalue weighted by Crippen LogP contribution is -2.41. The highest BCUT2D eigenvalue weighted by molar-refractivity contribution is 6.31. The fraction of sp³-hybridized carbons (Fsp3) is 0.424. The molecule has 238 valence electrons. The minimum Gasteiger partial charge on any atom is -0.481 e. The van der Waals surface area contributed by atoms with Gasteiger partial charge in [0.05, 0.1) is 17.5 Å². The van der Waals surface area contributed by atoms with Gasteiger partial charge in [-0.2, -0.15) is 0 Å². The number of halogens is 4. The van der Waals surface area contributed by atoms with Crippen LogP contribution in [0.3, 0.4) is 0 Å². The highest BCUT2D eigenvalue weighted by atomic mass is 35.5. The smallest absolute Gasteiger partial charge is 0.305 e. The van der Waals surface area contributed by atoms with E-state index in [4.69, 9.17) is 11.6 Å². The van der Waals surface area contributed by atoms with Crippen LogP contribution in [0.5, 0.6) is 0 Å². The summed E-state index contributed by atoms with van der Waals surface area (Å²) in [5.74, 6) is -4.56. The Labute approximate surface area is 260 Å². The summed E-state index contributed by atoms with van der Waals surface area (Å²) in [6.07, 6.45) is 1.31. The van der Waals surface area contributed by atoms with Crippen LogP contribution in [0.2, 0.25) is 5.02 Å². The van der Waals surface area contributed by atoms with Crippen molar-refractivity contribution in [2.24, 2.45) is 5.92 Å². The lowest BCUT2D eigenvalue weighted by Gasteiger charge is -2.26. The van der Waals surface area contributed by atoms with Crippen LogP contribution in [0.25, 0.3) is 11.1 Å². The summed E-state index contributed by atoms with van der Waals surface area (Å²) in [6.45, 7) is 9.10. The fourth-order valence-corrected chi connectivity index (χ4v) is 5.64. The summed E-state index contributed by atoms with van der Waals surface area (Å²) in [5, 5.41) is 12.0. The molecule has 0 spiro atoms. The van der Waals surface area contributed by atoms with Crippen molar-refractivity contribution in [3.63, 3.8) is 0 Å². The molecule has 0 aliphatic heterocycles. The Balaban J connectivity index is 2.13. The number of carboxylic acid groups (broad SMARTS) is 1. The second-order valence-electron chi connectivity index (χ2n) is 11.9. The Morgan fingerprint density at radius 3 is 2.18 bits per heavy atom. The van der Waals surface area contributed by atoms with Gasteiger partial charge in [-0.05, 0) is 111 Å². The van der Waals surface area contributed by atoms with Gasteiger partial charge >= 0.3 is 5.97 Å². The van der Waals surface area contributed by atoms with E-state index in [1.165, 1.54) is 37.4 Å². The highest BCUT2D eigenvalue weighted by Gasteiger charge is 2.30. The van der Waals surface area contributed by atoms with Crippen LogP contribution >= 0.6 is 11.6 Å². The van der Waals surface area contributed by atoms with Gasteiger partial charge in [-0.1, -0.05) is 25.4 Å². The summed E-state index contributed by atoms with van der Waals surface area (Å²) < 4.78 is 45.8. The largest absolute Gasteiger partial charge is 0.481 e. The Hall–Kier alpha value is -3.63. The molecule has 1 heterocycles. The predicted octanol–water partition coefficient (Wildman–Crippen LogP) is 6.53. The maximum absolute atomic E-state index is 15.6. The molecule has 2 N–H and O–H groups in total. The van der Waals surface area contributed by atoms with Crippen molar-refractivity contribution in [3.8, 4) is 11.1 Å². The molecule has 0 fully saturated rings. The van der Waals surface area contributed by atoms with Gasteiger partial charge in [-0.15, -0.1) is 0 Å². The molecule has 2 aromatic carbocycles. The Kier molecular flexibility index (Phi) is 11.4. The number of amides is 1. The molecule has 7 nitrogen and oxygen atoms in total. The zero-order valence-electron chi connectivity index (χ0n) is 26.0. The van der Waals surface area contributed by atoms with Crippen LogP contribution in [0.4, 0.5) is 13.2 Å². The van der Waals surface area contributed by atoms with Crippen LogP contribution in [0.15, 0.2) is 35.3 Å². The number of pyridine rings is 1. The molecular weight excluding hydrogens is 595 g/mol. The molecular formula is C33H39ClF3N3O4. The van der Waals surface area contributed by atoms with E-state index in [-0.39, 0.29) is 28.5 Å². The third kappa shape index (κ3) is 8.09. The average molecular weight is 634 g/mol. The number of rotatable bonds is 12. The lowest BCUT2D eigenvalue weighted by atomic mass is 9.92. The van der Waals surface area contributed by atoms with Crippen molar-refractivity contribution in [1.29, 1.82) is 0 Å². The minimum atomic E-state index is -1.40. The molecule has 3 rings (SSSR count). The normalized spacial score (nSPS) is 12.9. The quantitative estimate of drug-likeness (QED) is 0.237. The maximum Gasteiger partial charge on any atom is 0.305 e. The summed E-state index contributed by atoms with van der Waals surface area (Å²) in [5.41, 5.74) is 1.67. The molecule has 0 aliphatic rings. The molecule has 0 saturated carbocycles. The van der Waals surface area contributed by atoms with E-state index in [9.17, 15) is 23.9 Å². The van der Waals surface area contributed by atoms with Crippen LogP contribution < -0.4 is 10.9 Å². The first-order chi connectivity index (χ1) is 20.5. The van der Waals surface area contributed by atoms with E-state index < -0.39 is 53.4 Å². The first-order valence-corrected chi connectivity index (χ1v) is 14.7. The number of nitrogens with one attached hydrogen (secondary N) is 1. The first kappa shape index (κ1) is 34.9. The number of likely N-dealkylation sites (N-methyl/N-ethyl adjacent to an activating group) is 1. The zero-order valence-corrected chi connectivity index (χ0v) is 26.8. The van der Waals surface area contributed by atoms with Crippen molar-refractivity contribution in [3.05, 3.63) is 91.1 Å². The summed E-state index contributed by atoms with van der Waals surface area (Å²) in [7, 11) is 3.72. The Morgan fingerprint density at radius 1 is 1.02 bits per heavy atom. The molecule has 0 saturated heterocycles. The van der Waals surface area contributed by atoms with Crippen molar-refractivity contribution in [1.82, 2.24) is 14.8 Å². The number of carbonyl (C=O) groups excluding carboxylic acids is 1. The summed E-state index contributed by atoms with van der Waals surface area (Å²) >= 11 is 6.27. The molecule has 1 aromatic heterocycles. The number of hydrogen-bond donors (Lipinski definition) is 2. The third-order valence-corrected chi connectivity index (χ3v) is 7.88. The van der Waals surface area contributed by atoms with Gasteiger partial charge in [0.15, 0.2) is 5.82 Å². The number of hydrogen-bond acceptors (Lipinski definition) is 4. The topological polar surface area (TPSA) is 91.6 Å². The summed E-state index contributed by atoms with van der Waals surface area (Å²) in [4.78, 5) is 40.8. The first-order valence-electron chi connectivity index (χ1n) is 14.3. The Morgan fingerprint density at radius 2 is 1.64 bits per heavy atom. The minimum absolute atomic E-state index is 0.121. The van der Waals surface area contributed by atoms with Crippen LogP contribution in [0, 0.1) is 44.1 Å². The van der Waals surface area contributed by atoms with Crippen molar-refractivity contribution in [2.45, 2.75) is 66.0 Å².